The Kier molecular flexibility index (Phi) is 7.17. The van der Waals surface area contributed by atoms with Crippen LogP contribution in [0.15, 0.2) is 103 Å². The first kappa shape index (κ1) is 24.7. The van der Waals surface area contributed by atoms with E-state index in [4.69, 9.17) is 0 Å². The van der Waals surface area contributed by atoms with Gasteiger partial charge in [0, 0.05) is 17.2 Å². The van der Waals surface area contributed by atoms with Crippen molar-refractivity contribution in [2.75, 3.05) is 10.2 Å². The Morgan fingerprint density at radius 3 is 1.97 bits per heavy atom. The van der Waals surface area contributed by atoms with Crippen LogP contribution in [0.1, 0.15) is 41.4 Å². The predicted octanol–water partition coefficient (Wildman–Crippen LogP) is 0.914. The summed E-state index contributed by atoms with van der Waals surface area (Å²) in [6.07, 6.45) is 3.43. The molecule has 0 saturated heterocycles. The number of hydrogen-bond donors (Lipinski definition) is 1. The zero-order valence-corrected chi connectivity index (χ0v) is 20.5. The Balaban J connectivity index is 0.00000304. The monoisotopic (exact) mass is 541 g/mol. The minimum atomic E-state index is -0.380. The Bertz CT molecular complexity index is 1430. The van der Waals surface area contributed by atoms with Gasteiger partial charge in [0.1, 0.15) is 5.69 Å². The number of carbonyl (C=O) groups excluding carboxylic acids is 4. The molecule has 8 heteroatoms. The smallest absolute Gasteiger partial charge is 0.266 e. The molecular weight excluding hydrogens is 522 g/mol. The number of fused-ring (bicyclic) bond motifs is 1. The molecule has 3 amide bonds. The van der Waals surface area contributed by atoms with E-state index in [9.17, 15) is 19.2 Å². The highest BCUT2D eigenvalue weighted by atomic mass is 79.9. The number of ketones is 1. The summed E-state index contributed by atoms with van der Waals surface area (Å²) >= 11 is 0. The second-order valence-corrected chi connectivity index (χ2v) is 8.05. The van der Waals surface area contributed by atoms with Crippen LogP contribution in [0.2, 0.25) is 0 Å². The molecule has 3 aromatic carbocycles. The summed E-state index contributed by atoms with van der Waals surface area (Å²) in [4.78, 5) is 51.7. The number of amides is 3. The van der Waals surface area contributed by atoms with Crippen LogP contribution in [-0.4, -0.2) is 23.5 Å². The van der Waals surface area contributed by atoms with Gasteiger partial charge in [-0.25, -0.2) is 4.90 Å². The lowest BCUT2D eigenvalue weighted by Crippen LogP contribution is -3.00. The quantitative estimate of drug-likeness (QED) is 0.223. The zero-order chi connectivity index (χ0) is 24.4. The number of nitrogens with one attached hydrogen (secondary N) is 1. The number of imide groups is 1. The van der Waals surface area contributed by atoms with E-state index in [1.54, 1.807) is 102 Å². The fraction of sp³-hybridized carbons (Fsp3) is 0.0357. The van der Waals surface area contributed by atoms with Crippen molar-refractivity contribution in [2.24, 2.45) is 0 Å². The molecule has 0 fully saturated rings. The highest BCUT2D eigenvalue weighted by molar-refractivity contribution is 6.34. The molecule has 0 spiro atoms. The van der Waals surface area contributed by atoms with E-state index < -0.39 is 0 Å². The van der Waals surface area contributed by atoms with Gasteiger partial charge in [-0.2, -0.15) is 4.57 Å². The highest BCUT2D eigenvalue weighted by Gasteiger charge is 2.36. The van der Waals surface area contributed by atoms with Crippen LogP contribution in [0.25, 0.3) is 0 Å². The van der Waals surface area contributed by atoms with Crippen molar-refractivity contribution < 1.29 is 40.7 Å². The van der Waals surface area contributed by atoms with E-state index in [-0.39, 0.29) is 47.0 Å². The molecular formula is C28H20BrN3O4. The van der Waals surface area contributed by atoms with Gasteiger partial charge in [-0.1, -0.05) is 30.3 Å². The molecule has 1 aromatic heterocycles. The van der Waals surface area contributed by atoms with Gasteiger partial charge in [0.25, 0.3) is 17.7 Å². The molecule has 0 atom stereocenters. The van der Waals surface area contributed by atoms with E-state index in [0.717, 1.165) is 4.90 Å². The number of hydrogen-bond acceptors (Lipinski definition) is 4. The average Bonchev–Trinajstić information content (AvgIpc) is 3.14. The molecule has 0 saturated carbocycles. The first-order chi connectivity index (χ1) is 17.0. The van der Waals surface area contributed by atoms with Crippen LogP contribution in [0.5, 0.6) is 0 Å². The molecule has 4 aromatic rings. The van der Waals surface area contributed by atoms with Crippen molar-refractivity contribution in [2.45, 2.75) is 6.54 Å². The Hall–Kier alpha value is -4.43. The number of anilines is 2. The van der Waals surface area contributed by atoms with E-state index in [1.165, 1.54) is 0 Å². The molecule has 0 bridgehead atoms. The maximum absolute atomic E-state index is 12.9. The van der Waals surface area contributed by atoms with Gasteiger partial charge in [0.05, 0.1) is 16.8 Å². The largest absolute Gasteiger partial charge is 1.00 e. The van der Waals surface area contributed by atoms with Crippen molar-refractivity contribution in [3.05, 3.63) is 126 Å². The third-order valence-electron chi connectivity index (χ3n) is 5.72. The van der Waals surface area contributed by atoms with Gasteiger partial charge in [-0.15, -0.1) is 0 Å². The molecule has 1 aliphatic rings. The zero-order valence-electron chi connectivity index (χ0n) is 18.9. The molecule has 2 heterocycles. The van der Waals surface area contributed by atoms with E-state index in [0.29, 0.717) is 33.6 Å². The third kappa shape index (κ3) is 4.85. The Morgan fingerprint density at radius 2 is 1.33 bits per heavy atom. The molecule has 0 aliphatic carbocycles. The standard InChI is InChI=1S/C28H19N3O4.BrH/c32-25(18-30-16-6-9-21(17-30)29-26(33)20-7-2-1-3-8-20)19-12-14-22(15-13-19)31-27(34)23-10-4-5-11-24(23)28(31)35;/h1-17H,18H2;1H. The average molecular weight is 542 g/mol. The maximum Gasteiger partial charge on any atom is 0.266 e. The third-order valence-corrected chi connectivity index (χ3v) is 5.72. The number of pyridine rings is 1. The lowest BCUT2D eigenvalue weighted by molar-refractivity contribution is -0.682. The summed E-state index contributed by atoms with van der Waals surface area (Å²) in [5.74, 6) is -1.15. The predicted molar refractivity (Wildman–Crippen MR) is 129 cm³/mol. The number of halogens is 1. The lowest BCUT2D eigenvalue weighted by Gasteiger charge is -2.14. The fourth-order valence-corrected chi connectivity index (χ4v) is 3.96. The fourth-order valence-electron chi connectivity index (χ4n) is 3.96. The summed E-state index contributed by atoms with van der Waals surface area (Å²) in [5, 5.41) is 2.83. The molecule has 1 N–H and O–H groups in total. The molecule has 0 unspecified atom stereocenters. The van der Waals surface area contributed by atoms with Gasteiger partial charge in [0.2, 0.25) is 12.3 Å². The van der Waals surface area contributed by atoms with Gasteiger partial charge >= 0.3 is 0 Å². The van der Waals surface area contributed by atoms with Gasteiger partial charge in [-0.3, -0.25) is 19.2 Å². The molecule has 178 valence electrons. The summed E-state index contributed by atoms with van der Waals surface area (Å²) < 4.78 is 1.68. The van der Waals surface area contributed by atoms with Crippen molar-refractivity contribution in [1.29, 1.82) is 0 Å². The van der Waals surface area contributed by atoms with Gasteiger partial charge in [0.15, 0.2) is 12.4 Å². The van der Waals surface area contributed by atoms with Crippen LogP contribution in [0.3, 0.4) is 0 Å². The maximum atomic E-state index is 12.9. The molecule has 5 rings (SSSR count). The van der Waals surface area contributed by atoms with Gasteiger partial charge < -0.3 is 22.3 Å². The topological polar surface area (TPSA) is 87.4 Å². The minimum absolute atomic E-state index is 0. The number of benzene rings is 3. The SMILES string of the molecule is O=C(C[n+]1cccc(NC(=O)c2ccccc2)c1)c1ccc(N2C(=O)c3ccccc3C2=O)cc1.[Br-]. The molecule has 1 aliphatic heterocycles. The number of nitrogens with zero attached hydrogens (tertiary/aromatic N) is 2. The van der Waals surface area contributed by atoms with Crippen molar-refractivity contribution in [1.82, 2.24) is 0 Å². The number of aromatic nitrogens is 1. The Labute approximate surface area is 217 Å². The molecule has 36 heavy (non-hydrogen) atoms. The molecule has 7 nitrogen and oxygen atoms in total. The summed E-state index contributed by atoms with van der Waals surface area (Å²) in [6, 6.07) is 25.4. The highest BCUT2D eigenvalue weighted by Crippen LogP contribution is 2.28. The van der Waals surface area contributed by atoms with Crippen LogP contribution in [0, 0.1) is 0 Å². The van der Waals surface area contributed by atoms with Crippen LogP contribution < -0.4 is 31.8 Å². The van der Waals surface area contributed by atoms with Crippen LogP contribution in [-0.2, 0) is 6.54 Å². The lowest BCUT2D eigenvalue weighted by atomic mass is 10.1. The van der Waals surface area contributed by atoms with E-state index in [2.05, 4.69) is 5.32 Å². The first-order valence-corrected chi connectivity index (χ1v) is 11.0. The number of rotatable bonds is 6. The van der Waals surface area contributed by atoms with Crippen LogP contribution >= 0.6 is 0 Å². The van der Waals surface area contributed by atoms with E-state index >= 15 is 0 Å². The first-order valence-electron chi connectivity index (χ1n) is 11.0. The second kappa shape index (κ2) is 10.5. The summed E-state index contributed by atoms with van der Waals surface area (Å²) in [6.45, 7) is 0.0570. The molecule has 0 radical (unpaired) electrons. The van der Waals surface area contributed by atoms with Crippen molar-refractivity contribution >= 4 is 34.9 Å². The summed E-state index contributed by atoms with van der Waals surface area (Å²) in [5.41, 5.74) is 2.69. The second-order valence-electron chi connectivity index (χ2n) is 8.05. The normalized spacial score (nSPS) is 12.1. The van der Waals surface area contributed by atoms with Crippen molar-refractivity contribution in [3.8, 4) is 0 Å². The van der Waals surface area contributed by atoms with Gasteiger partial charge in [-0.05, 0) is 54.6 Å². The summed E-state index contributed by atoms with van der Waals surface area (Å²) in [7, 11) is 0. The van der Waals surface area contributed by atoms with Crippen LogP contribution in [0.4, 0.5) is 11.4 Å². The minimum Gasteiger partial charge on any atom is -1.00 e. The van der Waals surface area contributed by atoms with E-state index in [1.807, 2.05) is 6.07 Å². The van der Waals surface area contributed by atoms with Crippen molar-refractivity contribution in [3.63, 3.8) is 0 Å². The number of carbonyl (C=O) groups is 4. The Morgan fingerprint density at radius 1 is 0.722 bits per heavy atom. The number of Topliss-reactive ketones (excluding diaryl/α,β-unsaturated/α-hetero) is 1.